The van der Waals surface area contributed by atoms with E-state index in [9.17, 15) is 4.79 Å². The summed E-state index contributed by atoms with van der Waals surface area (Å²) in [5.74, 6) is 1.51. The highest BCUT2D eigenvalue weighted by Crippen LogP contribution is 2.11. The molecule has 0 aliphatic heterocycles. The van der Waals surface area contributed by atoms with Crippen molar-refractivity contribution in [3.05, 3.63) is 23.7 Å². The average molecular weight is 180 g/mol. The Labute approximate surface area is 75.1 Å². The molecule has 1 rings (SSSR count). The Hall–Kier alpha value is -1.73. The van der Waals surface area contributed by atoms with Crippen LogP contribution in [0.5, 0.6) is 0 Å². The zero-order valence-corrected chi connectivity index (χ0v) is 6.82. The van der Waals surface area contributed by atoms with Crippen molar-refractivity contribution in [2.75, 3.05) is 6.61 Å². The van der Waals surface area contributed by atoms with Gasteiger partial charge >= 0.3 is 5.97 Å². The van der Waals surface area contributed by atoms with Crippen molar-refractivity contribution in [2.24, 2.45) is 0 Å². The maximum absolute atomic E-state index is 10.6. The van der Waals surface area contributed by atoms with Gasteiger partial charge in [0.2, 0.25) is 0 Å². The number of hydrogen-bond acceptors (Lipinski definition) is 3. The molecule has 4 nitrogen and oxygen atoms in total. The number of carboxylic acid groups (broad SMARTS) is 1. The molecule has 0 spiro atoms. The van der Waals surface area contributed by atoms with E-state index in [1.54, 1.807) is 0 Å². The molecule has 1 N–H and O–H groups in total. The molecular weight excluding hydrogens is 172 g/mol. The standard InChI is InChI=1S/C9H8O4/c1-2-4-12-6-8-7(9(10)11)3-5-13-8/h1,3,5H,4,6H2,(H,10,11). The fourth-order valence-electron chi connectivity index (χ4n) is 0.846. The summed E-state index contributed by atoms with van der Waals surface area (Å²) >= 11 is 0. The SMILES string of the molecule is C#CCOCc1occc1C(=O)O. The van der Waals surface area contributed by atoms with Gasteiger partial charge in [-0.1, -0.05) is 5.92 Å². The molecule has 13 heavy (non-hydrogen) atoms. The van der Waals surface area contributed by atoms with E-state index in [0.717, 1.165) is 0 Å². The van der Waals surface area contributed by atoms with Gasteiger partial charge in [0.25, 0.3) is 0 Å². The van der Waals surface area contributed by atoms with Crippen molar-refractivity contribution in [3.63, 3.8) is 0 Å². The van der Waals surface area contributed by atoms with E-state index in [1.807, 2.05) is 0 Å². The first kappa shape index (κ1) is 9.36. The second kappa shape index (κ2) is 4.33. The minimum absolute atomic E-state index is 0.0822. The topological polar surface area (TPSA) is 59.7 Å². The molecule has 4 heteroatoms. The minimum atomic E-state index is -1.03. The van der Waals surface area contributed by atoms with Gasteiger partial charge in [0.05, 0.1) is 6.26 Å². The second-order valence-corrected chi connectivity index (χ2v) is 2.26. The van der Waals surface area contributed by atoms with E-state index < -0.39 is 5.97 Å². The number of ether oxygens (including phenoxy) is 1. The highest BCUT2D eigenvalue weighted by atomic mass is 16.5. The van der Waals surface area contributed by atoms with Gasteiger partial charge in [-0.2, -0.15) is 0 Å². The maximum atomic E-state index is 10.6. The number of rotatable bonds is 4. The Morgan fingerprint density at radius 1 is 1.77 bits per heavy atom. The largest absolute Gasteiger partial charge is 0.478 e. The maximum Gasteiger partial charge on any atom is 0.339 e. The smallest absolute Gasteiger partial charge is 0.339 e. The van der Waals surface area contributed by atoms with Gasteiger partial charge in [-0.05, 0) is 6.07 Å². The zero-order valence-electron chi connectivity index (χ0n) is 6.82. The number of aromatic carboxylic acids is 1. The average Bonchev–Trinajstić information content (AvgIpc) is 2.53. The first-order chi connectivity index (χ1) is 6.25. The van der Waals surface area contributed by atoms with Gasteiger partial charge in [0.15, 0.2) is 0 Å². The molecule has 0 aromatic carbocycles. The first-order valence-electron chi connectivity index (χ1n) is 3.56. The van der Waals surface area contributed by atoms with Crippen LogP contribution in [0.4, 0.5) is 0 Å². The molecule has 0 amide bonds. The van der Waals surface area contributed by atoms with E-state index in [-0.39, 0.29) is 24.5 Å². The molecule has 0 atom stereocenters. The third kappa shape index (κ3) is 2.36. The molecule has 1 aromatic heterocycles. The Balaban J connectivity index is 2.61. The predicted molar refractivity (Wildman–Crippen MR) is 44.2 cm³/mol. The number of carboxylic acids is 1. The number of hydrogen-bond donors (Lipinski definition) is 1. The third-order valence-corrected chi connectivity index (χ3v) is 1.39. The third-order valence-electron chi connectivity index (χ3n) is 1.39. The van der Waals surface area contributed by atoms with Crippen LogP contribution in [-0.4, -0.2) is 17.7 Å². The van der Waals surface area contributed by atoms with Gasteiger partial charge in [-0.3, -0.25) is 0 Å². The van der Waals surface area contributed by atoms with Crippen molar-refractivity contribution in [2.45, 2.75) is 6.61 Å². The Kier molecular flexibility index (Phi) is 3.12. The number of carbonyl (C=O) groups is 1. The van der Waals surface area contributed by atoms with E-state index in [2.05, 4.69) is 5.92 Å². The zero-order chi connectivity index (χ0) is 9.68. The van der Waals surface area contributed by atoms with Gasteiger partial charge in [-0.15, -0.1) is 6.42 Å². The molecule has 1 aromatic rings. The lowest BCUT2D eigenvalue weighted by molar-refractivity contribution is 0.0685. The summed E-state index contributed by atoms with van der Waals surface area (Å²) in [5, 5.41) is 8.66. The Morgan fingerprint density at radius 3 is 3.15 bits per heavy atom. The lowest BCUT2D eigenvalue weighted by Crippen LogP contribution is -2.01. The minimum Gasteiger partial charge on any atom is -0.478 e. The molecule has 0 unspecified atom stereocenters. The van der Waals surface area contributed by atoms with Crippen LogP contribution in [0.2, 0.25) is 0 Å². The molecule has 0 fully saturated rings. The van der Waals surface area contributed by atoms with Crippen LogP contribution >= 0.6 is 0 Å². The summed E-state index contributed by atoms with van der Waals surface area (Å²) < 4.78 is 9.82. The quantitative estimate of drug-likeness (QED) is 0.557. The van der Waals surface area contributed by atoms with Crippen LogP contribution in [0.15, 0.2) is 16.7 Å². The molecular formula is C9H8O4. The van der Waals surface area contributed by atoms with Crippen LogP contribution in [0.3, 0.4) is 0 Å². The van der Waals surface area contributed by atoms with Gasteiger partial charge in [0.1, 0.15) is 24.5 Å². The van der Waals surface area contributed by atoms with Crippen molar-refractivity contribution >= 4 is 5.97 Å². The normalized spacial score (nSPS) is 9.46. The lowest BCUT2D eigenvalue weighted by Gasteiger charge is -1.97. The Morgan fingerprint density at radius 2 is 2.54 bits per heavy atom. The van der Waals surface area contributed by atoms with Crippen LogP contribution in [-0.2, 0) is 11.3 Å². The summed E-state index contributed by atoms with van der Waals surface area (Å²) in [4.78, 5) is 10.6. The van der Waals surface area contributed by atoms with Crippen LogP contribution in [0.1, 0.15) is 16.1 Å². The van der Waals surface area contributed by atoms with Crippen molar-refractivity contribution < 1.29 is 19.1 Å². The summed E-state index contributed by atoms with van der Waals surface area (Å²) in [6.07, 6.45) is 6.25. The molecule has 0 saturated heterocycles. The van der Waals surface area contributed by atoms with E-state index in [4.69, 9.17) is 20.7 Å². The second-order valence-electron chi connectivity index (χ2n) is 2.26. The van der Waals surface area contributed by atoms with Gasteiger partial charge in [-0.25, -0.2) is 4.79 Å². The summed E-state index contributed by atoms with van der Waals surface area (Å²) in [6, 6.07) is 1.37. The van der Waals surface area contributed by atoms with Gasteiger partial charge in [0, 0.05) is 0 Å². The number of furan rings is 1. The predicted octanol–water partition coefficient (Wildman–Crippen LogP) is 1.13. The lowest BCUT2D eigenvalue weighted by atomic mass is 10.2. The van der Waals surface area contributed by atoms with E-state index in [0.29, 0.717) is 0 Å². The van der Waals surface area contributed by atoms with Gasteiger partial charge < -0.3 is 14.3 Å². The van der Waals surface area contributed by atoms with E-state index in [1.165, 1.54) is 12.3 Å². The van der Waals surface area contributed by atoms with Crippen molar-refractivity contribution in [3.8, 4) is 12.3 Å². The monoisotopic (exact) mass is 180 g/mol. The summed E-state index contributed by atoms with van der Waals surface area (Å²) in [6.45, 7) is 0.221. The summed E-state index contributed by atoms with van der Waals surface area (Å²) in [7, 11) is 0. The van der Waals surface area contributed by atoms with Crippen LogP contribution < -0.4 is 0 Å². The van der Waals surface area contributed by atoms with E-state index >= 15 is 0 Å². The first-order valence-corrected chi connectivity index (χ1v) is 3.56. The Bertz CT molecular complexity index is 332. The summed E-state index contributed by atoms with van der Waals surface area (Å²) in [5.41, 5.74) is 0.108. The highest BCUT2D eigenvalue weighted by molar-refractivity contribution is 5.88. The van der Waals surface area contributed by atoms with Crippen molar-refractivity contribution in [1.82, 2.24) is 0 Å². The molecule has 0 radical (unpaired) electrons. The number of terminal acetylenes is 1. The molecule has 0 aliphatic carbocycles. The molecule has 1 heterocycles. The fraction of sp³-hybridized carbons (Fsp3) is 0.222. The van der Waals surface area contributed by atoms with Crippen LogP contribution in [0.25, 0.3) is 0 Å². The molecule has 68 valence electrons. The molecule has 0 bridgehead atoms. The molecule has 0 saturated carbocycles. The highest BCUT2D eigenvalue weighted by Gasteiger charge is 2.12. The van der Waals surface area contributed by atoms with Crippen molar-refractivity contribution in [1.29, 1.82) is 0 Å². The van der Waals surface area contributed by atoms with Crippen LogP contribution in [0, 0.1) is 12.3 Å². The fourth-order valence-corrected chi connectivity index (χ4v) is 0.846. The molecule has 0 aliphatic rings.